The second-order valence-electron chi connectivity index (χ2n) is 8.47. The molecule has 158 valence electrons. The summed E-state index contributed by atoms with van der Waals surface area (Å²) in [4.78, 5) is 23.8. The van der Waals surface area contributed by atoms with E-state index in [1.807, 2.05) is 0 Å². The summed E-state index contributed by atoms with van der Waals surface area (Å²) in [5.74, 6) is -0.535. The van der Waals surface area contributed by atoms with Gasteiger partial charge < -0.3 is 9.84 Å². The van der Waals surface area contributed by atoms with Crippen LogP contribution in [0, 0.1) is 17.8 Å². The minimum Gasteiger partial charge on any atom is -0.481 e. The Kier molecular flexibility index (Phi) is 12.4. The van der Waals surface area contributed by atoms with E-state index in [9.17, 15) is 9.59 Å². The van der Waals surface area contributed by atoms with Crippen molar-refractivity contribution in [3.63, 3.8) is 0 Å². The van der Waals surface area contributed by atoms with Gasteiger partial charge in [-0.3, -0.25) is 9.59 Å². The first-order valence-corrected chi connectivity index (χ1v) is 11.4. The van der Waals surface area contributed by atoms with Crippen LogP contribution >= 0.6 is 0 Å². The van der Waals surface area contributed by atoms with Gasteiger partial charge in [0.1, 0.15) is 6.10 Å². The van der Waals surface area contributed by atoms with Crippen molar-refractivity contribution in [1.82, 2.24) is 0 Å². The number of rotatable bonds is 14. The predicted octanol–water partition coefficient (Wildman–Crippen LogP) is 6.37. The lowest BCUT2D eigenvalue weighted by Crippen LogP contribution is -2.30. The number of carboxylic acids is 1. The molecule has 0 saturated heterocycles. The number of hydrogen-bond donors (Lipinski definition) is 1. The molecular weight excluding hydrogens is 340 g/mol. The molecule has 4 heteroatoms. The minimum atomic E-state index is -0.725. The van der Waals surface area contributed by atoms with Gasteiger partial charge >= 0.3 is 11.9 Å². The predicted molar refractivity (Wildman–Crippen MR) is 110 cm³/mol. The molecular formula is C23H42O4. The highest BCUT2D eigenvalue weighted by Gasteiger charge is 2.32. The fourth-order valence-electron chi connectivity index (χ4n) is 4.34. The fraction of sp³-hybridized carbons (Fsp3) is 0.913. The molecule has 0 spiro atoms. The molecule has 0 radical (unpaired) electrons. The van der Waals surface area contributed by atoms with Crippen LogP contribution in [-0.4, -0.2) is 23.1 Å². The number of ether oxygens (including phenoxy) is 1. The van der Waals surface area contributed by atoms with Crippen LogP contribution in [0.1, 0.15) is 111 Å². The largest absolute Gasteiger partial charge is 0.481 e. The number of unbranched alkanes of at least 4 members (excludes halogenated alkanes) is 3. The molecule has 1 fully saturated rings. The molecule has 1 rings (SSSR count). The molecule has 0 amide bonds. The van der Waals surface area contributed by atoms with Crippen LogP contribution in [0.2, 0.25) is 0 Å². The van der Waals surface area contributed by atoms with Gasteiger partial charge in [-0.15, -0.1) is 0 Å². The summed E-state index contributed by atoms with van der Waals surface area (Å²) in [6.07, 6.45) is 14.2. The number of carbonyl (C=O) groups is 2. The Bertz CT molecular complexity index is 413. The van der Waals surface area contributed by atoms with Crippen molar-refractivity contribution in [3.8, 4) is 0 Å². The van der Waals surface area contributed by atoms with Crippen molar-refractivity contribution in [1.29, 1.82) is 0 Å². The topological polar surface area (TPSA) is 63.6 Å². The smallest absolute Gasteiger partial charge is 0.309 e. The van der Waals surface area contributed by atoms with E-state index in [1.165, 1.54) is 38.5 Å². The van der Waals surface area contributed by atoms with Crippen LogP contribution in [0.25, 0.3) is 0 Å². The number of carbonyl (C=O) groups excluding carboxylic acids is 1. The molecule has 27 heavy (non-hydrogen) atoms. The average Bonchev–Trinajstić information content (AvgIpc) is 2.66. The van der Waals surface area contributed by atoms with Crippen LogP contribution in [0.15, 0.2) is 0 Å². The average molecular weight is 383 g/mol. The molecule has 0 heterocycles. The highest BCUT2D eigenvalue weighted by Crippen LogP contribution is 2.31. The molecule has 0 aromatic carbocycles. The Balaban J connectivity index is 2.56. The van der Waals surface area contributed by atoms with E-state index in [4.69, 9.17) is 9.84 Å². The zero-order valence-corrected chi connectivity index (χ0v) is 17.9. The van der Waals surface area contributed by atoms with E-state index in [0.717, 1.165) is 25.7 Å². The molecule has 1 saturated carbocycles. The third-order valence-electron chi connectivity index (χ3n) is 6.08. The standard InChI is InChI=1S/C23H42O4/c1-4-7-9-11-18(10-6-3)17-21(12-8-5-2)27-23(26)20-15-13-19(14-16-20)22(24)25/h18-21H,4-17H2,1-3H3,(H,24,25). The lowest BCUT2D eigenvalue weighted by Gasteiger charge is -2.28. The van der Waals surface area contributed by atoms with Gasteiger partial charge in [0.2, 0.25) is 0 Å². The number of carboxylic acid groups (broad SMARTS) is 1. The van der Waals surface area contributed by atoms with Gasteiger partial charge in [0.25, 0.3) is 0 Å². The summed E-state index contributed by atoms with van der Waals surface area (Å²) in [5, 5.41) is 9.13. The molecule has 1 aliphatic carbocycles. The first-order valence-electron chi connectivity index (χ1n) is 11.4. The molecule has 0 bridgehead atoms. The third kappa shape index (κ3) is 9.62. The second-order valence-corrected chi connectivity index (χ2v) is 8.47. The summed E-state index contributed by atoms with van der Waals surface area (Å²) in [6, 6.07) is 0. The van der Waals surface area contributed by atoms with Crippen molar-refractivity contribution in [2.75, 3.05) is 0 Å². The summed E-state index contributed by atoms with van der Waals surface area (Å²) in [7, 11) is 0. The molecule has 0 aromatic rings. The highest BCUT2D eigenvalue weighted by molar-refractivity contribution is 5.74. The Morgan fingerprint density at radius 1 is 0.852 bits per heavy atom. The van der Waals surface area contributed by atoms with Gasteiger partial charge in [-0.2, -0.15) is 0 Å². The maximum Gasteiger partial charge on any atom is 0.309 e. The van der Waals surface area contributed by atoms with Crippen molar-refractivity contribution in [2.45, 2.75) is 117 Å². The highest BCUT2D eigenvalue weighted by atomic mass is 16.5. The zero-order chi connectivity index (χ0) is 20.1. The van der Waals surface area contributed by atoms with Crippen LogP contribution in [0.4, 0.5) is 0 Å². The van der Waals surface area contributed by atoms with Gasteiger partial charge in [0.05, 0.1) is 11.8 Å². The van der Waals surface area contributed by atoms with Gasteiger partial charge in [0.15, 0.2) is 0 Å². The van der Waals surface area contributed by atoms with Gasteiger partial charge in [-0.25, -0.2) is 0 Å². The number of aliphatic carboxylic acids is 1. The van der Waals surface area contributed by atoms with E-state index in [-0.39, 0.29) is 23.9 Å². The third-order valence-corrected chi connectivity index (χ3v) is 6.08. The molecule has 0 aliphatic heterocycles. The maximum atomic E-state index is 12.7. The van der Waals surface area contributed by atoms with Crippen molar-refractivity contribution in [2.24, 2.45) is 17.8 Å². The maximum absolute atomic E-state index is 12.7. The van der Waals surface area contributed by atoms with Crippen molar-refractivity contribution in [3.05, 3.63) is 0 Å². The summed E-state index contributed by atoms with van der Waals surface area (Å²) >= 11 is 0. The van der Waals surface area contributed by atoms with Crippen molar-refractivity contribution < 1.29 is 19.4 Å². The Morgan fingerprint density at radius 3 is 2.04 bits per heavy atom. The molecule has 1 aliphatic rings. The minimum absolute atomic E-state index is 0.0350. The lowest BCUT2D eigenvalue weighted by molar-refractivity contribution is -0.158. The Labute approximate surface area is 166 Å². The van der Waals surface area contributed by atoms with Gasteiger partial charge in [0, 0.05) is 0 Å². The molecule has 0 aromatic heterocycles. The quantitative estimate of drug-likeness (QED) is 0.280. The number of esters is 1. The summed E-state index contributed by atoms with van der Waals surface area (Å²) < 4.78 is 5.98. The molecule has 4 nitrogen and oxygen atoms in total. The van der Waals surface area contributed by atoms with Crippen LogP contribution < -0.4 is 0 Å². The van der Waals surface area contributed by atoms with E-state index in [0.29, 0.717) is 31.6 Å². The fourth-order valence-corrected chi connectivity index (χ4v) is 4.34. The molecule has 2 atom stereocenters. The molecule has 1 N–H and O–H groups in total. The van der Waals surface area contributed by atoms with Crippen molar-refractivity contribution >= 4 is 11.9 Å². The van der Waals surface area contributed by atoms with E-state index < -0.39 is 5.97 Å². The SMILES string of the molecule is CCCCCC(CCC)CC(CCCC)OC(=O)C1CCC(C(=O)O)CC1. The van der Waals surface area contributed by atoms with E-state index >= 15 is 0 Å². The van der Waals surface area contributed by atoms with Crippen LogP contribution in [-0.2, 0) is 14.3 Å². The second kappa shape index (κ2) is 14.0. The Hall–Kier alpha value is -1.06. The first kappa shape index (κ1) is 24.0. The van der Waals surface area contributed by atoms with Gasteiger partial charge in [-0.1, -0.05) is 72.1 Å². The Morgan fingerprint density at radius 2 is 1.48 bits per heavy atom. The summed E-state index contributed by atoms with van der Waals surface area (Å²) in [5.41, 5.74) is 0. The van der Waals surface area contributed by atoms with Gasteiger partial charge in [-0.05, 0) is 44.4 Å². The van der Waals surface area contributed by atoms with Crippen LogP contribution in [0.3, 0.4) is 0 Å². The van der Waals surface area contributed by atoms with E-state index in [1.54, 1.807) is 0 Å². The lowest BCUT2D eigenvalue weighted by atomic mass is 9.82. The zero-order valence-electron chi connectivity index (χ0n) is 17.9. The van der Waals surface area contributed by atoms with Crippen LogP contribution in [0.5, 0.6) is 0 Å². The summed E-state index contributed by atoms with van der Waals surface area (Å²) in [6.45, 7) is 6.65. The first-order chi connectivity index (χ1) is 13.0. The monoisotopic (exact) mass is 382 g/mol. The molecule has 2 unspecified atom stereocenters. The number of hydrogen-bond acceptors (Lipinski definition) is 3. The van der Waals surface area contributed by atoms with E-state index in [2.05, 4.69) is 20.8 Å². The normalized spacial score (nSPS) is 22.2.